The molecule has 64 valence electrons. The number of thioether (sulfide) groups is 1. The first kappa shape index (κ1) is 9.07. The van der Waals surface area contributed by atoms with E-state index in [1.54, 1.807) is 11.8 Å². The zero-order chi connectivity index (χ0) is 8.10. The third kappa shape index (κ3) is 2.83. The molecule has 1 atom stereocenters. The quantitative estimate of drug-likeness (QED) is 0.688. The van der Waals surface area contributed by atoms with Crippen LogP contribution >= 0.6 is 11.8 Å². The first-order valence-electron chi connectivity index (χ1n) is 4.07. The molecule has 1 rings (SSSR count). The van der Waals surface area contributed by atoms with Crippen molar-refractivity contribution in [3.8, 4) is 0 Å². The first-order valence-corrected chi connectivity index (χ1v) is 5.46. The summed E-state index contributed by atoms with van der Waals surface area (Å²) < 4.78 is 0. The normalized spacial score (nSPS) is 25.0. The number of piperidine rings is 1. The Hall–Kier alpha value is -0.0200. The highest BCUT2D eigenvalue weighted by molar-refractivity contribution is 7.99. The van der Waals surface area contributed by atoms with Gasteiger partial charge in [0.2, 0.25) is 0 Å². The smallest absolute Gasteiger partial charge is 0.147 e. The lowest BCUT2D eigenvalue weighted by Gasteiger charge is -2.20. The number of hydrogen-bond acceptors (Lipinski definition) is 3. The summed E-state index contributed by atoms with van der Waals surface area (Å²) in [5.41, 5.74) is 0. The van der Waals surface area contributed by atoms with E-state index >= 15 is 0 Å². The Morgan fingerprint density at radius 1 is 1.73 bits per heavy atom. The lowest BCUT2D eigenvalue weighted by atomic mass is 9.96. The molecule has 1 saturated heterocycles. The Morgan fingerprint density at radius 2 is 2.55 bits per heavy atom. The van der Waals surface area contributed by atoms with Gasteiger partial charge < -0.3 is 5.32 Å². The van der Waals surface area contributed by atoms with E-state index in [-0.39, 0.29) is 0 Å². The minimum Gasteiger partial charge on any atom is -0.316 e. The number of rotatable bonds is 3. The van der Waals surface area contributed by atoms with Gasteiger partial charge in [0, 0.05) is 12.5 Å². The number of carbonyl (C=O) groups excluding carboxylic acids is 1. The second-order valence-electron chi connectivity index (χ2n) is 2.94. The molecule has 11 heavy (non-hydrogen) atoms. The van der Waals surface area contributed by atoms with Crippen molar-refractivity contribution in [2.24, 2.45) is 5.92 Å². The van der Waals surface area contributed by atoms with Crippen molar-refractivity contribution in [2.75, 3.05) is 25.1 Å². The number of hydrogen-bond donors (Lipinski definition) is 1. The molecule has 1 N–H and O–H groups in total. The van der Waals surface area contributed by atoms with Crippen molar-refractivity contribution in [2.45, 2.75) is 12.8 Å². The Kier molecular flexibility index (Phi) is 3.94. The number of ketones is 1. The topological polar surface area (TPSA) is 29.1 Å². The SMILES string of the molecule is CSCC(=O)C1CCCNC1. The molecule has 0 saturated carbocycles. The first-order chi connectivity index (χ1) is 5.34. The summed E-state index contributed by atoms with van der Waals surface area (Å²) in [5.74, 6) is 1.41. The van der Waals surface area contributed by atoms with Crippen LogP contribution in [0.25, 0.3) is 0 Å². The predicted molar refractivity (Wildman–Crippen MR) is 49.0 cm³/mol. The Balaban J connectivity index is 2.27. The van der Waals surface area contributed by atoms with Crippen molar-refractivity contribution >= 4 is 17.5 Å². The van der Waals surface area contributed by atoms with Gasteiger partial charge in [-0.3, -0.25) is 4.79 Å². The Morgan fingerprint density at radius 3 is 3.09 bits per heavy atom. The van der Waals surface area contributed by atoms with Gasteiger partial charge in [0.15, 0.2) is 0 Å². The predicted octanol–water partition coefficient (Wildman–Crippen LogP) is 0.918. The minimum absolute atomic E-state index is 0.302. The summed E-state index contributed by atoms with van der Waals surface area (Å²) in [7, 11) is 0. The van der Waals surface area contributed by atoms with Crippen LogP contribution in [-0.2, 0) is 4.79 Å². The third-order valence-electron chi connectivity index (χ3n) is 2.04. The molecule has 1 fully saturated rings. The minimum atomic E-state index is 0.302. The third-order valence-corrected chi connectivity index (χ3v) is 2.61. The van der Waals surface area contributed by atoms with Crippen molar-refractivity contribution in [3.63, 3.8) is 0 Å². The van der Waals surface area contributed by atoms with Gasteiger partial charge in [-0.25, -0.2) is 0 Å². The van der Waals surface area contributed by atoms with Gasteiger partial charge in [0.1, 0.15) is 5.78 Å². The Bertz CT molecular complexity index is 132. The van der Waals surface area contributed by atoms with Crippen LogP contribution in [0, 0.1) is 5.92 Å². The van der Waals surface area contributed by atoms with Crippen LogP contribution in [0.2, 0.25) is 0 Å². The number of Topliss-reactive ketones (excluding diaryl/α,β-unsaturated/α-hetero) is 1. The maximum absolute atomic E-state index is 11.3. The van der Waals surface area contributed by atoms with E-state index in [1.165, 1.54) is 0 Å². The van der Waals surface area contributed by atoms with E-state index in [1.807, 2.05) is 6.26 Å². The van der Waals surface area contributed by atoms with Gasteiger partial charge in [0.25, 0.3) is 0 Å². The van der Waals surface area contributed by atoms with E-state index in [4.69, 9.17) is 0 Å². The highest BCUT2D eigenvalue weighted by atomic mass is 32.2. The highest BCUT2D eigenvalue weighted by Crippen LogP contribution is 2.12. The lowest BCUT2D eigenvalue weighted by Crippen LogP contribution is -2.35. The maximum Gasteiger partial charge on any atom is 0.147 e. The molecule has 2 nitrogen and oxygen atoms in total. The Labute approximate surface area is 72.1 Å². The second kappa shape index (κ2) is 4.78. The molecule has 1 aliphatic rings. The molecule has 0 radical (unpaired) electrons. The summed E-state index contributed by atoms with van der Waals surface area (Å²) in [6.45, 7) is 1.99. The van der Waals surface area contributed by atoms with Crippen LogP contribution in [0.1, 0.15) is 12.8 Å². The summed E-state index contributed by atoms with van der Waals surface area (Å²) in [5, 5.41) is 3.24. The molecule has 0 spiro atoms. The molecule has 0 aromatic heterocycles. The molecule has 1 heterocycles. The molecule has 1 unspecified atom stereocenters. The lowest BCUT2D eigenvalue weighted by molar-refractivity contribution is -0.120. The van der Waals surface area contributed by atoms with Gasteiger partial charge in [-0.05, 0) is 25.6 Å². The second-order valence-corrected chi connectivity index (χ2v) is 3.81. The van der Waals surface area contributed by atoms with Crippen molar-refractivity contribution in [1.82, 2.24) is 5.32 Å². The molecule has 0 aromatic carbocycles. The molecular weight excluding hydrogens is 158 g/mol. The molecular formula is C8H15NOS. The fraction of sp³-hybridized carbons (Fsp3) is 0.875. The van der Waals surface area contributed by atoms with E-state index in [9.17, 15) is 4.79 Å². The summed E-state index contributed by atoms with van der Waals surface area (Å²) >= 11 is 1.63. The van der Waals surface area contributed by atoms with Gasteiger partial charge in [-0.15, -0.1) is 0 Å². The zero-order valence-corrected chi connectivity index (χ0v) is 7.75. The van der Waals surface area contributed by atoms with E-state index in [0.29, 0.717) is 17.5 Å². The van der Waals surface area contributed by atoms with E-state index in [2.05, 4.69) is 5.32 Å². The average Bonchev–Trinajstić information content (AvgIpc) is 2.07. The van der Waals surface area contributed by atoms with E-state index in [0.717, 1.165) is 25.9 Å². The van der Waals surface area contributed by atoms with Crippen molar-refractivity contribution in [3.05, 3.63) is 0 Å². The number of nitrogens with one attached hydrogen (secondary N) is 1. The molecule has 1 aliphatic heterocycles. The van der Waals surface area contributed by atoms with Crippen LogP contribution in [0.15, 0.2) is 0 Å². The standard InChI is InChI=1S/C8H15NOS/c1-11-6-8(10)7-3-2-4-9-5-7/h7,9H,2-6H2,1H3. The molecule has 3 heteroatoms. The fourth-order valence-corrected chi connectivity index (χ4v) is 1.91. The summed E-state index contributed by atoms with van der Waals surface area (Å²) in [6, 6.07) is 0. The molecule has 0 aromatic rings. The summed E-state index contributed by atoms with van der Waals surface area (Å²) in [6.07, 6.45) is 4.23. The van der Waals surface area contributed by atoms with Gasteiger partial charge in [-0.1, -0.05) is 0 Å². The van der Waals surface area contributed by atoms with Crippen LogP contribution in [0.5, 0.6) is 0 Å². The van der Waals surface area contributed by atoms with Crippen molar-refractivity contribution < 1.29 is 4.79 Å². The molecule has 0 aliphatic carbocycles. The van der Waals surface area contributed by atoms with Crippen LogP contribution in [0.4, 0.5) is 0 Å². The average molecular weight is 173 g/mol. The van der Waals surface area contributed by atoms with Gasteiger partial charge >= 0.3 is 0 Å². The zero-order valence-electron chi connectivity index (χ0n) is 6.93. The van der Waals surface area contributed by atoms with Crippen LogP contribution in [0.3, 0.4) is 0 Å². The van der Waals surface area contributed by atoms with Crippen LogP contribution < -0.4 is 5.32 Å². The van der Waals surface area contributed by atoms with Crippen LogP contribution in [-0.4, -0.2) is 30.9 Å². The summed E-state index contributed by atoms with van der Waals surface area (Å²) in [4.78, 5) is 11.3. The van der Waals surface area contributed by atoms with Gasteiger partial charge in [0.05, 0.1) is 5.75 Å². The monoisotopic (exact) mass is 173 g/mol. The molecule has 0 amide bonds. The fourth-order valence-electron chi connectivity index (χ4n) is 1.39. The highest BCUT2D eigenvalue weighted by Gasteiger charge is 2.19. The van der Waals surface area contributed by atoms with Crippen molar-refractivity contribution in [1.29, 1.82) is 0 Å². The molecule has 0 bridgehead atoms. The van der Waals surface area contributed by atoms with E-state index < -0.39 is 0 Å². The maximum atomic E-state index is 11.3. The van der Waals surface area contributed by atoms with Gasteiger partial charge in [-0.2, -0.15) is 11.8 Å². The number of carbonyl (C=O) groups is 1. The largest absolute Gasteiger partial charge is 0.316 e.